The number of ether oxygens (including phenoxy) is 2. The van der Waals surface area contributed by atoms with Gasteiger partial charge in [-0.15, -0.1) is 0 Å². The van der Waals surface area contributed by atoms with Gasteiger partial charge < -0.3 is 14.8 Å². The quantitative estimate of drug-likeness (QED) is 0.913. The monoisotopic (exact) mass is 289 g/mol. The van der Waals surface area contributed by atoms with E-state index in [-0.39, 0.29) is 12.3 Å². The van der Waals surface area contributed by atoms with Crippen LogP contribution in [0.4, 0.5) is 5.69 Å². The van der Waals surface area contributed by atoms with E-state index in [1.54, 1.807) is 37.2 Å². The van der Waals surface area contributed by atoms with Gasteiger partial charge in [-0.05, 0) is 13.0 Å². The highest BCUT2D eigenvalue weighted by Gasteiger charge is 2.12. The molecule has 2 rings (SSSR count). The molecule has 0 atom stereocenters. The summed E-state index contributed by atoms with van der Waals surface area (Å²) in [6, 6.07) is 5.39. The van der Waals surface area contributed by atoms with Gasteiger partial charge in [0.15, 0.2) is 0 Å². The molecule has 0 saturated heterocycles. The minimum atomic E-state index is -0.116. The first kappa shape index (κ1) is 14.9. The Morgan fingerprint density at radius 2 is 2.10 bits per heavy atom. The van der Waals surface area contributed by atoms with Crippen LogP contribution in [0, 0.1) is 6.92 Å². The zero-order chi connectivity index (χ0) is 15.4. The van der Waals surface area contributed by atoms with Crippen LogP contribution in [0.5, 0.6) is 11.5 Å². The van der Waals surface area contributed by atoms with Gasteiger partial charge in [0.05, 0.1) is 32.0 Å². The highest BCUT2D eigenvalue weighted by Crippen LogP contribution is 2.25. The molecule has 2 aromatic rings. The lowest BCUT2D eigenvalue weighted by molar-refractivity contribution is -0.115. The van der Waals surface area contributed by atoms with E-state index in [0.717, 1.165) is 16.9 Å². The number of hydrogen-bond donors (Lipinski definition) is 1. The smallest absolute Gasteiger partial charge is 0.229 e. The summed E-state index contributed by atoms with van der Waals surface area (Å²) in [6.45, 7) is 1.85. The summed E-state index contributed by atoms with van der Waals surface area (Å²) in [5.74, 6) is 1.21. The van der Waals surface area contributed by atoms with E-state index in [0.29, 0.717) is 11.5 Å². The number of anilines is 1. The number of amides is 1. The third-order valence-electron chi connectivity index (χ3n) is 3.13. The number of benzene rings is 1. The molecule has 1 aromatic heterocycles. The molecule has 6 nitrogen and oxygen atoms in total. The lowest BCUT2D eigenvalue weighted by Gasteiger charge is -2.10. The van der Waals surface area contributed by atoms with E-state index in [2.05, 4.69) is 10.4 Å². The van der Waals surface area contributed by atoms with Gasteiger partial charge in [0, 0.05) is 24.9 Å². The Kier molecular flexibility index (Phi) is 4.47. The highest BCUT2D eigenvalue weighted by atomic mass is 16.5. The van der Waals surface area contributed by atoms with E-state index in [4.69, 9.17) is 9.47 Å². The van der Waals surface area contributed by atoms with Gasteiger partial charge in [-0.25, -0.2) is 0 Å². The van der Waals surface area contributed by atoms with E-state index < -0.39 is 0 Å². The molecule has 0 fully saturated rings. The molecular formula is C15H19N3O3. The molecule has 0 aliphatic rings. The number of aromatic nitrogens is 2. The van der Waals surface area contributed by atoms with Gasteiger partial charge >= 0.3 is 0 Å². The van der Waals surface area contributed by atoms with E-state index in [1.165, 1.54) is 0 Å². The Morgan fingerprint density at radius 3 is 2.67 bits per heavy atom. The molecule has 0 bridgehead atoms. The minimum absolute atomic E-state index is 0.116. The number of rotatable bonds is 5. The van der Waals surface area contributed by atoms with Gasteiger partial charge in [-0.3, -0.25) is 9.48 Å². The first-order chi connectivity index (χ1) is 10.0. The van der Waals surface area contributed by atoms with Crippen molar-refractivity contribution in [1.29, 1.82) is 0 Å². The van der Waals surface area contributed by atoms with Gasteiger partial charge in [0.1, 0.15) is 11.5 Å². The number of methoxy groups -OCH3 is 2. The molecule has 1 N–H and O–H groups in total. The largest absolute Gasteiger partial charge is 0.497 e. The molecule has 0 aliphatic heterocycles. The normalized spacial score (nSPS) is 10.3. The molecule has 6 heteroatoms. The van der Waals surface area contributed by atoms with Crippen LogP contribution in [0.2, 0.25) is 0 Å². The van der Waals surface area contributed by atoms with Crippen LogP contribution in [-0.2, 0) is 18.3 Å². The molecule has 0 radical (unpaired) electrons. The maximum absolute atomic E-state index is 12.1. The number of nitrogens with zero attached hydrogens (tertiary/aromatic N) is 2. The average Bonchev–Trinajstić information content (AvgIpc) is 2.77. The number of hydrogen-bond acceptors (Lipinski definition) is 4. The summed E-state index contributed by atoms with van der Waals surface area (Å²) >= 11 is 0. The van der Waals surface area contributed by atoms with Gasteiger partial charge in [0.25, 0.3) is 0 Å². The average molecular weight is 289 g/mol. The number of carbonyl (C=O) groups excluding carboxylic acids is 1. The SMILES string of the molecule is COc1ccc(CC(=O)Nc2cn(C)nc2C)c(OC)c1. The molecule has 0 unspecified atom stereocenters. The van der Waals surface area contributed by atoms with Crippen LogP contribution in [0.1, 0.15) is 11.3 Å². The fraction of sp³-hybridized carbons (Fsp3) is 0.333. The van der Waals surface area contributed by atoms with Crippen LogP contribution < -0.4 is 14.8 Å². The standard InChI is InChI=1S/C15H19N3O3/c1-10-13(9-18(2)17-10)16-15(19)7-11-5-6-12(20-3)8-14(11)21-4/h5-6,8-9H,7H2,1-4H3,(H,16,19). The molecule has 0 spiro atoms. The van der Waals surface area contributed by atoms with Crippen molar-refractivity contribution >= 4 is 11.6 Å². The zero-order valence-electron chi connectivity index (χ0n) is 12.6. The van der Waals surface area contributed by atoms with Crippen LogP contribution in [0.15, 0.2) is 24.4 Å². The summed E-state index contributed by atoms with van der Waals surface area (Å²) < 4.78 is 12.1. The van der Waals surface area contributed by atoms with E-state index in [1.807, 2.05) is 20.0 Å². The summed E-state index contributed by atoms with van der Waals surface area (Å²) in [6.07, 6.45) is 2.00. The lowest BCUT2D eigenvalue weighted by atomic mass is 10.1. The molecule has 0 saturated carbocycles. The van der Waals surface area contributed by atoms with Gasteiger partial charge in [-0.1, -0.05) is 6.07 Å². The Labute approximate surface area is 123 Å². The second-order valence-corrected chi connectivity index (χ2v) is 4.70. The lowest BCUT2D eigenvalue weighted by Crippen LogP contribution is -2.15. The van der Waals surface area contributed by atoms with Crippen molar-refractivity contribution in [2.75, 3.05) is 19.5 Å². The van der Waals surface area contributed by atoms with E-state index >= 15 is 0 Å². The summed E-state index contributed by atoms with van der Waals surface area (Å²) in [5.41, 5.74) is 2.31. The van der Waals surface area contributed by atoms with E-state index in [9.17, 15) is 4.79 Å². The second-order valence-electron chi connectivity index (χ2n) is 4.70. The van der Waals surface area contributed by atoms with Gasteiger partial charge in [0.2, 0.25) is 5.91 Å². The zero-order valence-corrected chi connectivity index (χ0v) is 12.6. The highest BCUT2D eigenvalue weighted by molar-refractivity contribution is 5.93. The molecule has 1 amide bonds. The molecule has 1 heterocycles. The van der Waals surface area contributed by atoms with Crippen LogP contribution >= 0.6 is 0 Å². The summed E-state index contributed by atoms with van der Waals surface area (Å²) in [4.78, 5) is 12.1. The topological polar surface area (TPSA) is 65.4 Å². The Hall–Kier alpha value is -2.50. The molecule has 1 aromatic carbocycles. The Morgan fingerprint density at radius 1 is 1.33 bits per heavy atom. The van der Waals surface area contributed by atoms with Crippen molar-refractivity contribution in [1.82, 2.24) is 9.78 Å². The third-order valence-corrected chi connectivity index (χ3v) is 3.13. The maximum atomic E-state index is 12.1. The summed E-state index contributed by atoms with van der Waals surface area (Å²) in [7, 11) is 4.98. The number of carbonyl (C=O) groups is 1. The van der Waals surface area contributed by atoms with Crippen molar-refractivity contribution < 1.29 is 14.3 Å². The molecule has 21 heavy (non-hydrogen) atoms. The predicted molar refractivity (Wildman–Crippen MR) is 79.8 cm³/mol. The maximum Gasteiger partial charge on any atom is 0.229 e. The van der Waals surface area contributed by atoms with Crippen LogP contribution in [-0.4, -0.2) is 29.9 Å². The number of aryl methyl sites for hydroxylation is 2. The first-order valence-electron chi connectivity index (χ1n) is 6.54. The fourth-order valence-electron chi connectivity index (χ4n) is 2.09. The molecule has 0 aliphatic carbocycles. The van der Waals surface area contributed by atoms with Crippen LogP contribution in [0.3, 0.4) is 0 Å². The predicted octanol–water partition coefficient (Wildman–Crippen LogP) is 1.93. The molecular weight excluding hydrogens is 270 g/mol. The summed E-state index contributed by atoms with van der Waals surface area (Å²) in [5, 5.41) is 7.04. The Bertz CT molecular complexity index is 650. The van der Waals surface area contributed by atoms with Crippen molar-refractivity contribution in [3.8, 4) is 11.5 Å². The third kappa shape index (κ3) is 3.53. The Balaban J connectivity index is 2.10. The fourth-order valence-corrected chi connectivity index (χ4v) is 2.09. The second kappa shape index (κ2) is 6.30. The molecule has 112 valence electrons. The van der Waals surface area contributed by atoms with Crippen molar-refractivity contribution in [2.45, 2.75) is 13.3 Å². The van der Waals surface area contributed by atoms with Crippen LogP contribution in [0.25, 0.3) is 0 Å². The van der Waals surface area contributed by atoms with Crippen molar-refractivity contribution in [3.63, 3.8) is 0 Å². The van der Waals surface area contributed by atoms with Crippen molar-refractivity contribution in [3.05, 3.63) is 35.7 Å². The number of nitrogens with one attached hydrogen (secondary N) is 1. The van der Waals surface area contributed by atoms with Crippen molar-refractivity contribution in [2.24, 2.45) is 7.05 Å². The first-order valence-corrected chi connectivity index (χ1v) is 6.54. The van der Waals surface area contributed by atoms with Gasteiger partial charge in [-0.2, -0.15) is 5.10 Å². The minimum Gasteiger partial charge on any atom is -0.497 e.